The van der Waals surface area contributed by atoms with Gasteiger partial charge in [0.15, 0.2) is 11.5 Å². The molecule has 0 radical (unpaired) electrons. The Balaban J connectivity index is 3.06. The van der Waals surface area contributed by atoms with Gasteiger partial charge in [0, 0.05) is 6.04 Å². The summed E-state index contributed by atoms with van der Waals surface area (Å²) in [6.45, 7) is 5.65. The summed E-state index contributed by atoms with van der Waals surface area (Å²) in [7, 11) is -1.38. The van der Waals surface area contributed by atoms with Crippen LogP contribution in [-0.2, 0) is 15.5 Å². The topological polar surface area (TPSA) is 100 Å². The molecule has 0 bridgehead atoms. The van der Waals surface area contributed by atoms with Crippen LogP contribution < -0.4 is 19.7 Å². The summed E-state index contributed by atoms with van der Waals surface area (Å²) in [6.07, 6.45) is 2.73. The molecule has 0 saturated carbocycles. The molecule has 7 nitrogen and oxygen atoms in total. The van der Waals surface area contributed by atoms with Gasteiger partial charge in [-0.15, -0.1) is 0 Å². The van der Waals surface area contributed by atoms with E-state index in [1.54, 1.807) is 19.1 Å². The quantitative estimate of drug-likeness (QED) is 0.569. The molecule has 1 aromatic carbocycles. The zero-order valence-corrected chi connectivity index (χ0v) is 16.5. The van der Waals surface area contributed by atoms with Crippen molar-refractivity contribution < 1.29 is 28.0 Å². The molecule has 0 aromatic heterocycles. The van der Waals surface area contributed by atoms with Crippen LogP contribution in [0.5, 0.6) is 17.2 Å². The second-order valence-corrected chi connectivity index (χ2v) is 7.46. The van der Waals surface area contributed by atoms with Gasteiger partial charge >= 0.3 is 7.82 Å². The fourth-order valence-electron chi connectivity index (χ4n) is 2.46. The third kappa shape index (κ3) is 7.24. The number of phosphoric acid groups is 1. The number of unbranched alkanes of at least 4 members (excludes halogenated alkanes) is 1. The minimum absolute atomic E-state index is 0.0859. The summed E-state index contributed by atoms with van der Waals surface area (Å²) in [4.78, 5) is 10.1. The van der Waals surface area contributed by atoms with E-state index in [-0.39, 0.29) is 17.5 Å². The first-order valence-electron chi connectivity index (χ1n) is 8.43. The van der Waals surface area contributed by atoms with Gasteiger partial charge < -0.3 is 19.7 Å². The Hall–Kier alpha value is -1.27. The lowest BCUT2D eigenvalue weighted by atomic mass is 10.1. The van der Waals surface area contributed by atoms with Crippen LogP contribution in [0.4, 0.5) is 0 Å². The standard InChI is InChI=1S/C17H30NO6P/c1-6-7-8-13(3)23-25(19,20)24-16-11-14(9-12(2)18)10-15(21-4)17(16)22-5/h10-13H,6-9,18H2,1-5H3,(H,19,20). The molecule has 0 heterocycles. The molecule has 0 spiro atoms. The molecule has 0 amide bonds. The van der Waals surface area contributed by atoms with Gasteiger partial charge in [0.25, 0.3) is 0 Å². The van der Waals surface area contributed by atoms with E-state index in [4.69, 9.17) is 24.3 Å². The third-order valence-electron chi connectivity index (χ3n) is 3.55. The molecular formula is C17H30NO6P. The molecule has 3 atom stereocenters. The lowest BCUT2D eigenvalue weighted by molar-refractivity contribution is 0.140. The Morgan fingerprint density at radius 2 is 1.84 bits per heavy atom. The minimum Gasteiger partial charge on any atom is -0.493 e. The molecule has 0 aliphatic rings. The van der Waals surface area contributed by atoms with Crippen LogP contribution in [0.1, 0.15) is 45.6 Å². The van der Waals surface area contributed by atoms with Gasteiger partial charge in [-0.2, -0.15) is 0 Å². The van der Waals surface area contributed by atoms with Gasteiger partial charge in [-0.1, -0.05) is 19.8 Å². The van der Waals surface area contributed by atoms with Crippen LogP contribution in [0.25, 0.3) is 0 Å². The zero-order chi connectivity index (χ0) is 19.0. The number of hydrogen-bond donors (Lipinski definition) is 2. The number of methoxy groups -OCH3 is 2. The molecule has 1 aromatic rings. The van der Waals surface area contributed by atoms with Crippen LogP contribution in [-0.4, -0.2) is 31.3 Å². The van der Waals surface area contributed by atoms with E-state index in [0.717, 1.165) is 18.4 Å². The second kappa shape index (κ2) is 10.0. The first kappa shape index (κ1) is 21.8. The van der Waals surface area contributed by atoms with Gasteiger partial charge in [-0.3, -0.25) is 9.42 Å². The molecule has 144 valence electrons. The van der Waals surface area contributed by atoms with Gasteiger partial charge in [-0.25, -0.2) is 4.57 Å². The van der Waals surface area contributed by atoms with Crippen molar-refractivity contribution in [2.75, 3.05) is 14.2 Å². The molecule has 8 heteroatoms. The fourth-order valence-corrected chi connectivity index (χ4v) is 3.45. The largest absolute Gasteiger partial charge is 0.527 e. The van der Waals surface area contributed by atoms with Crippen molar-refractivity contribution in [2.45, 2.75) is 58.6 Å². The molecular weight excluding hydrogens is 345 g/mol. The highest BCUT2D eigenvalue weighted by molar-refractivity contribution is 7.47. The van der Waals surface area contributed by atoms with Crippen molar-refractivity contribution in [3.63, 3.8) is 0 Å². The predicted octanol–water partition coefficient (Wildman–Crippen LogP) is 3.67. The maximum Gasteiger partial charge on any atom is 0.527 e. The highest BCUT2D eigenvalue weighted by Crippen LogP contribution is 2.50. The number of phosphoric ester groups is 1. The molecule has 0 saturated heterocycles. The third-order valence-corrected chi connectivity index (χ3v) is 4.61. The number of ether oxygens (including phenoxy) is 2. The van der Waals surface area contributed by atoms with Crippen molar-refractivity contribution in [3.8, 4) is 17.2 Å². The Morgan fingerprint density at radius 1 is 1.20 bits per heavy atom. The summed E-state index contributed by atoms with van der Waals surface area (Å²) >= 11 is 0. The second-order valence-electron chi connectivity index (χ2n) is 6.13. The van der Waals surface area contributed by atoms with Gasteiger partial charge in [0.2, 0.25) is 5.75 Å². The van der Waals surface area contributed by atoms with E-state index in [0.29, 0.717) is 18.6 Å². The van der Waals surface area contributed by atoms with E-state index < -0.39 is 13.9 Å². The first-order valence-corrected chi connectivity index (χ1v) is 9.93. The molecule has 3 N–H and O–H groups in total. The van der Waals surface area contributed by atoms with Crippen molar-refractivity contribution >= 4 is 7.82 Å². The first-order chi connectivity index (χ1) is 11.7. The lowest BCUT2D eigenvalue weighted by Gasteiger charge is -2.20. The molecule has 3 unspecified atom stereocenters. The van der Waals surface area contributed by atoms with Crippen molar-refractivity contribution in [2.24, 2.45) is 5.73 Å². The van der Waals surface area contributed by atoms with Crippen LogP contribution in [0.3, 0.4) is 0 Å². The Kier molecular flexibility index (Phi) is 8.73. The zero-order valence-electron chi connectivity index (χ0n) is 15.7. The van der Waals surface area contributed by atoms with E-state index in [1.165, 1.54) is 14.2 Å². The Labute approximate surface area is 150 Å². The van der Waals surface area contributed by atoms with Gasteiger partial charge in [-0.05, 0) is 44.4 Å². The highest BCUT2D eigenvalue weighted by Gasteiger charge is 2.29. The summed E-state index contributed by atoms with van der Waals surface area (Å²) in [6, 6.07) is 3.30. The monoisotopic (exact) mass is 375 g/mol. The summed E-state index contributed by atoms with van der Waals surface area (Å²) in [5, 5.41) is 0. The van der Waals surface area contributed by atoms with E-state index >= 15 is 0 Å². The molecule has 25 heavy (non-hydrogen) atoms. The van der Waals surface area contributed by atoms with Crippen molar-refractivity contribution in [1.29, 1.82) is 0 Å². The van der Waals surface area contributed by atoms with Crippen molar-refractivity contribution in [1.82, 2.24) is 0 Å². The minimum atomic E-state index is -4.30. The Morgan fingerprint density at radius 3 is 2.36 bits per heavy atom. The highest BCUT2D eigenvalue weighted by atomic mass is 31.2. The number of nitrogens with two attached hydrogens (primary N) is 1. The average molecular weight is 375 g/mol. The van der Waals surface area contributed by atoms with Gasteiger partial charge in [0.1, 0.15) is 0 Å². The number of hydrogen-bond acceptors (Lipinski definition) is 6. The van der Waals surface area contributed by atoms with Crippen LogP contribution >= 0.6 is 7.82 Å². The van der Waals surface area contributed by atoms with Crippen LogP contribution in [0.2, 0.25) is 0 Å². The van der Waals surface area contributed by atoms with E-state index in [2.05, 4.69) is 0 Å². The molecule has 0 aliphatic carbocycles. The summed E-state index contributed by atoms with van der Waals surface area (Å²) < 4.78 is 33.4. The van der Waals surface area contributed by atoms with E-state index in [1.807, 2.05) is 13.8 Å². The average Bonchev–Trinajstić information content (AvgIpc) is 2.50. The van der Waals surface area contributed by atoms with E-state index in [9.17, 15) is 9.46 Å². The predicted molar refractivity (Wildman–Crippen MR) is 97.4 cm³/mol. The van der Waals surface area contributed by atoms with Crippen LogP contribution in [0.15, 0.2) is 12.1 Å². The number of rotatable bonds is 11. The smallest absolute Gasteiger partial charge is 0.493 e. The van der Waals surface area contributed by atoms with Crippen LogP contribution in [0, 0.1) is 0 Å². The molecule has 0 fully saturated rings. The normalized spacial score (nSPS) is 16.0. The maximum atomic E-state index is 12.3. The Bertz CT molecular complexity index is 593. The number of benzene rings is 1. The SMILES string of the molecule is CCCCC(C)OP(=O)(O)Oc1cc(CC(C)N)cc(OC)c1OC. The fraction of sp³-hybridized carbons (Fsp3) is 0.647. The summed E-state index contributed by atoms with van der Waals surface area (Å²) in [5.74, 6) is 0.718. The maximum absolute atomic E-state index is 12.3. The lowest BCUT2D eigenvalue weighted by Crippen LogP contribution is -2.18. The van der Waals surface area contributed by atoms with Crippen molar-refractivity contribution in [3.05, 3.63) is 17.7 Å². The summed E-state index contributed by atoms with van der Waals surface area (Å²) in [5.41, 5.74) is 6.64. The van der Waals surface area contributed by atoms with Gasteiger partial charge in [0.05, 0.1) is 20.3 Å². The molecule has 0 aliphatic heterocycles. The molecule has 1 rings (SSSR count).